The van der Waals surface area contributed by atoms with Gasteiger partial charge in [-0.05, 0) is 6.26 Å². The molecular formula is C6H12ClNO2S. The van der Waals surface area contributed by atoms with E-state index in [9.17, 15) is 4.79 Å². The molecule has 0 atom stereocenters. The fourth-order valence-corrected chi connectivity index (χ4v) is 1.65. The lowest BCUT2D eigenvalue weighted by Crippen LogP contribution is -2.62. The first-order valence-electron chi connectivity index (χ1n) is 3.09. The van der Waals surface area contributed by atoms with Gasteiger partial charge in [0, 0.05) is 13.1 Å². The summed E-state index contributed by atoms with van der Waals surface area (Å²) in [6.45, 7) is 1.47. The second-order valence-corrected chi connectivity index (χ2v) is 3.48. The van der Waals surface area contributed by atoms with Crippen molar-refractivity contribution in [2.75, 3.05) is 26.5 Å². The van der Waals surface area contributed by atoms with E-state index < -0.39 is 0 Å². The number of ether oxygens (including phenoxy) is 1. The predicted molar refractivity (Wildman–Crippen MR) is 48.4 cm³/mol. The van der Waals surface area contributed by atoms with Gasteiger partial charge in [0.05, 0.1) is 7.11 Å². The van der Waals surface area contributed by atoms with Crippen molar-refractivity contribution in [2.24, 2.45) is 0 Å². The van der Waals surface area contributed by atoms with E-state index >= 15 is 0 Å². The van der Waals surface area contributed by atoms with Crippen LogP contribution in [0, 0.1) is 0 Å². The van der Waals surface area contributed by atoms with E-state index in [-0.39, 0.29) is 23.1 Å². The fraction of sp³-hybridized carbons (Fsp3) is 0.833. The van der Waals surface area contributed by atoms with Gasteiger partial charge in [-0.2, -0.15) is 0 Å². The average Bonchev–Trinajstić information content (AvgIpc) is 1.86. The van der Waals surface area contributed by atoms with E-state index in [0.29, 0.717) is 0 Å². The first-order chi connectivity index (χ1) is 4.75. The minimum Gasteiger partial charge on any atom is -0.468 e. The van der Waals surface area contributed by atoms with E-state index in [2.05, 4.69) is 10.1 Å². The zero-order valence-corrected chi connectivity index (χ0v) is 8.18. The summed E-state index contributed by atoms with van der Waals surface area (Å²) in [7, 11) is 1.43. The molecule has 0 radical (unpaired) electrons. The highest BCUT2D eigenvalue weighted by Gasteiger charge is 2.44. The Balaban J connectivity index is 0.000001000. The molecule has 0 saturated carbocycles. The number of methoxy groups -OCH3 is 1. The number of rotatable bonds is 2. The molecule has 1 N–H and O–H groups in total. The fourth-order valence-electron chi connectivity index (χ4n) is 0.910. The smallest absolute Gasteiger partial charge is 0.324 e. The number of thioether (sulfide) groups is 1. The van der Waals surface area contributed by atoms with Gasteiger partial charge in [0.25, 0.3) is 0 Å². The van der Waals surface area contributed by atoms with Crippen LogP contribution in [-0.2, 0) is 9.53 Å². The second kappa shape index (κ2) is 4.18. The predicted octanol–water partition coefficient (Wildman–Crippen LogP) is 0.286. The number of carbonyl (C=O) groups is 1. The molecule has 0 aliphatic carbocycles. The summed E-state index contributed by atoms with van der Waals surface area (Å²) in [4.78, 5) is 11.1. The highest BCUT2D eigenvalue weighted by molar-refractivity contribution is 8.00. The lowest BCUT2D eigenvalue weighted by Gasteiger charge is -2.37. The van der Waals surface area contributed by atoms with Crippen LogP contribution in [0.5, 0.6) is 0 Å². The van der Waals surface area contributed by atoms with E-state index in [1.807, 2.05) is 6.26 Å². The largest absolute Gasteiger partial charge is 0.468 e. The molecule has 66 valence electrons. The van der Waals surface area contributed by atoms with Crippen LogP contribution in [-0.4, -0.2) is 37.2 Å². The summed E-state index contributed by atoms with van der Waals surface area (Å²) in [6, 6.07) is 0. The molecule has 1 rings (SSSR count). The average molecular weight is 198 g/mol. The van der Waals surface area contributed by atoms with Gasteiger partial charge in [0.2, 0.25) is 0 Å². The van der Waals surface area contributed by atoms with Crippen LogP contribution < -0.4 is 5.32 Å². The third-order valence-electron chi connectivity index (χ3n) is 1.77. The Morgan fingerprint density at radius 2 is 2.18 bits per heavy atom. The maximum Gasteiger partial charge on any atom is 0.324 e. The van der Waals surface area contributed by atoms with Crippen LogP contribution >= 0.6 is 24.2 Å². The van der Waals surface area contributed by atoms with Crippen molar-refractivity contribution in [2.45, 2.75) is 4.75 Å². The van der Waals surface area contributed by atoms with Gasteiger partial charge in [-0.15, -0.1) is 24.2 Å². The van der Waals surface area contributed by atoms with Crippen molar-refractivity contribution in [3.8, 4) is 0 Å². The molecule has 1 aliphatic rings. The lowest BCUT2D eigenvalue weighted by molar-refractivity contribution is -0.144. The summed E-state index contributed by atoms with van der Waals surface area (Å²) in [5.41, 5.74) is 0. The number of halogens is 1. The van der Waals surface area contributed by atoms with Crippen LogP contribution in [0.3, 0.4) is 0 Å². The maximum atomic E-state index is 11.1. The Morgan fingerprint density at radius 1 is 1.64 bits per heavy atom. The van der Waals surface area contributed by atoms with E-state index in [1.165, 1.54) is 7.11 Å². The first kappa shape index (κ1) is 11.1. The number of hydrogen-bond donors (Lipinski definition) is 1. The highest BCUT2D eigenvalue weighted by atomic mass is 35.5. The molecule has 0 bridgehead atoms. The summed E-state index contributed by atoms with van der Waals surface area (Å²) < 4.78 is 4.37. The number of nitrogens with one attached hydrogen (secondary N) is 1. The molecule has 0 aromatic carbocycles. The standard InChI is InChI=1S/C6H11NO2S.ClH/c1-9-5(8)6(10-2)3-7-4-6;/h7H,3-4H2,1-2H3;1H. The number of hydrogen-bond acceptors (Lipinski definition) is 4. The maximum absolute atomic E-state index is 11.1. The highest BCUT2D eigenvalue weighted by Crippen LogP contribution is 2.28. The van der Waals surface area contributed by atoms with Crippen molar-refractivity contribution >= 4 is 30.1 Å². The Morgan fingerprint density at radius 3 is 2.27 bits per heavy atom. The SMILES string of the molecule is COC(=O)C1(SC)CNC1.Cl. The normalized spacial score (nSPS) is 19.5. The summed E-state index contributed by atoms with van der Waals surface area (Å²) in [5.74, 6) is -0.112. The van der Waals surface area contributed by atoms with Gasteiger partial charge in [0.15, 0.2) is 0 Å². The van der Waals surface area contributed by atoms with Gasteiger partial charge in [-0.3, -0.25) is 4.79 Å². The van der Waals surface area contributed by atoms with Crippen LogP contribution in [0.15, 0.2) is 0 Å². The van der Waals surface area contributed by atoms with Gasteiger partial charge in [-0.25, -0.2) is 0 Å². The summed E-state index contributed by atoms with van der Waals surface area (Å²) in [5, 5.41) is 3.05. The molecular weight excluding hydrogens is 186 g/mol. The van der Waals surface area contributed by atoms with Crippen molar-refractivity contribution in [3.63, 3.8) is 0 Å². The molecule has 0 aromatic heterocycles. The Bertz CT molecular complexity index is 144. The third-order valence-corrected chi connectivity index (χ3v) is 3.01. The van der Waals surface area contributed by atoms with Crippen LogP contribution in [0.2, 0.25) is 0 Å². The minimum absolute atomic E-state index is 0. The third kappa shape index (κ3) is 1.80. The summed E-state index contributed by atoms with van der Waals surface area (Å²) >= 11 is 1.55. The molecule has 5 heteroatoms. The number of esters is 1. The molecule has 1 fully saturated rings. The van der Waals surface area contributed by atoms with Gasteiger partial charge in [0.1, 0.15) is 4.75 Å². The van der Waals surface area contributed by atoms with Crippen molar-refractivity contribution < 1.29 is 9.53 Å². The minimum atomic E-state index is -0.283. The molecule has 0 spiro atoms. The molecule has 1 heterocycles. The zero-order valence-electron chi connectivity index (χ0n) is 6.55. The Labute approximate surface area is 76.7 Å². The second-order valence-electron chi connectivity index (χ2n) is 2.29. The van der Waals surface area contributed by atoms with Crippen LogP contribution in [0.1, 0.15) is 0 Å². The van der Waals surface area contributed by atoms with E-state index in [4.69, 9.17) is 0 Å². The quantitative estimate of drug-likeness (QED) is 0.646. The van der Waals surface area contributed by atoms with Crippen LogP contribution in [0.4, 0.5) is 0 Å². The number of carbonyl (C=O) groups excluding carboxylic acids is 1. The monoisotopic (exact) mass is 197 g/mol. The molecule has 11 heavy (non-hydrogen) atoms. The van der Waals surface area contributed by atoms with Crippen LogP contribution in [0.25, 0.3) is 0 Å². The van der Waals surface area contributed by atoms with Gasteiger partial charge in [-0.1, -0.05) is 0 Å². The van der Waals surface area contributed by atoms with Crippen molar-refractivity contribution in [3.05, 3.63) is 0 Å². The van der Waals surface area contributed by atoms with Crippen molar-refractivity contribution in [1.82, 2.24) is 5.32 Å². The lowest BCUT2D eigenvalue weighted by atomic mass is 10.0. The van der Waals surface area contributed by atoms with Crippen molar-refractivity contribution in [1.29, 1.82) is 0 Å². The Kier molecular flexibility index (Phi) is 4.21. The molecule has 3 nitrogen and oxygen atoms in total. The first-order valence-corrected chi connectivity index (χ1v) is 4.32. The molecule has 1 aliphatic heterocycles. The molecule has 0 unspecified atom stereocenters. The van der Waals surface area contributed by atoms with Gasteiger partial charge < -0.3 is 10.1 Å². The zero-order chi connectivity index (χ0) is 7.61. The molecule has 0 aromatic rings. The summed E-state index contributed by atoms with van der Waals surface area (Å²) in [6.07, 6.45) is 1.93. The van der Waals surface area contributed by atoms with E-state index in [0.717, 1.165) is 13.1 Å². The molecule has 0 amide bonds. The van der Waals surface area contributed by atoms with E-state index in [1.54, 1.807) is 11.8 Å². The Hall–Kier alpha value is 0.0700. The van der Waals surface area contributed by atoms with Gasteiger partial charge >= 0.3 is 5.97 Å². The molecule has 1 saturated heterocycles. The topological polar surface area (TPSA) is 38.3 Å².